The van der Waals surface area contributed by atoms with Crippen molar-refractivity contribution in [3.05, 3.63) is 54.3 Å². The lowest BCUT2D eigenvalue weighted by Crippen LogP contribution is -1.99. The number of halogens is 1. The van der Waals surface area contributed by atoms with E-state index in [0.717, 1.165) is 5.70 Å². The lowest BCUT2D eigenvalue weighted by atomic mass is 10.3. The Bertz CT molecular complexity index is 662. The second-order valence-corrected chi connectivity index (χ2v) is 3.74. The number of hydrogen-bond acceptors (Lipinski definition) is 4. The molecule has 0 atom stereocenters. The van der Waals surface area contributed by atoms with Crippen molar-refractivity contribution in [2.75, 3.05) is 5.32 Å². The summed E-state index contributed by atoms with van der Waals surface area (Å²) in [6.45, 7) is 5.27. The minimum Gasteiger partial charge on any atom is -0.340 e. The highest BCUT2D eigenvalue weighted by atomic mass is 19.1. The van der Waals surface area contributed by atoms with Gasteiger partial charge in [0.1, 0.15) is 5.82 Å². The fraction of sp³-hybridized carbons (Fsp3) is 0.0714. The molecule has 1 N–H and O–H groups in total. The zero-order valence-electron chi connectivity index (χ0n) is 10.5. The molecule has 0 spiro atoms. The van der Waals surface area contributed by atoms with Crippen LogP contribution in [0.25, 0.3) is 11.0 Å². The Kier molecular flexibility index (Phi) is 3.97. The molecule has 0 aliphatic carbocycles. The van der Waals surface area contributed by atoms with E-state index in [4.69, 9.17) is 0 Å². The first kappa shape index (κ1) is 12.9. The van der Waals surface area contributed by atoms with Gasteiger partial charge in [-0.3, -0.25) is 4.99 Å². The normalized spacial score (nSPS) is 12.0. The number of allylic oxidation sites excluding steroid dienone is 2. The van der Waals surface area contributed by atoms with Gasteiger partial charge in [-0.15, -0.1) is 0 Å². The van der Waals surface area contributed by atoms with Gasteiger partial charge < -0.3 is 5.32 Å². The van der Waals surface area contributed by atoms with Crippen molar-refractivity contribution < 1.29 is 4.39 Å². The summed E-state index contributed by atoms with van der Waals surface area (Å²) < 4.78 is 13.0. The molecule has 2 aromatic heterocycles. The van der Waals surface area contributed by atoms with Crippen LogP contribution in [-0.4, -0.2) is 16.7 Å². The third kappa shape index (κ3) is 3.22. The third-order valence-electron chi connectivity index (χ3n) is 2.45. The summed E-state index contributed by atoms with van der Waals surface area (Å²) >= 11 is 0. The molecule has 0 bridgehead atoms. The van der Waals surface area contributed by atoms with Crippen LogP contribution in [0.3, 0.4) is 0 Å². The molecule has 0 fully saturated rings. The first-order valence-electron chi connectivity index (χ1n) is 5.72. The third-order valence-corrected chi connectivity index (χ3v) is 2.45. The number of nitrogens with zero attached hydrogens (tertiary/aromatic N) is 3. The summed E-state index contributed by atoms with van der Waals surface area (Å²) in [4.78, 5) is 11.7. The Morgan fingerprint density at radius 3 is 2.74 bits per heavy atom. The maximum Gasteiger partial charge on any atom is 0.213 e. The highest BCUT2D eigenvalue weighted by Crippen LogP contribution is 2.15. The van der Waals surface area contributed by atoms with Crippen molar-refractivity contribution in [2.24, 2.45) is 4.99 Å². The summed E-state index contributed by atoms with van der Waals surface area (Å²) in [7, 11) is 0. The van der Waals surface area contributed by atoms with Crippen LogP contribution in [0.1, 0.15) is 6.92 Å². The molecule has 0 saturated heterocycles. The highest BCUT2D eigenvalue weighted by molar-refractivity contribution is 5.76. The number of fused-ring (bicyclic) bond motifs is 1. The first-order chi connectivity index (χ1) is 9.22. The van der Waals surface area contributed by atoms with E-state index in [-0.39, 0.29) is 0 Å². The molecule has 5 heteroatoms. The minimum atomic E-state index is -0.510. The van der Waals surface area contributed by atoms with E-state index >= 15 is 0 Å². The first-order valence-corrected chi connectivity index (χ1v) is 5.72. The van der Waals surface area contributed by atoms with Gasteiger partial charge in [0, 0.05) is 11.9 Å². The molecule has 0 unspecified atom stereocenters. The minimum absolute atomic E-state index is 0.510. The molecule has 2 heterocycles. The van der Waals surface area contributed by atoms with Crippen molar-refractivity contribution in [3.63, 3.8) is 0 Å². The molecule has 0 amide bonds. The number of hydrogen-bond donors (Lipinski definition) is 1. The Balaban J connectivity index is 2.28. The van der Waals surface area contributed by atoms with Gasteiger partial charge in [-0.25, -0.2) is 9.97 Å². The molecular formula is C14H13FN4. The Hall–Kier alpha value is -2.56. The van der Waals surface area contributed by atoms with Crippen LogP contribution in [0.15, 0.2) is 53.3 Å². The number of nitrogens with one attached hydrogen (secondary N) is 1. The van der Waals surface area contributed by atoms with Gasteiger partial charge in [-0.05, 0) is 44.0 Å². The van der Waals surface area contributed by atoms with Crippen LogP contribution in [0.2, 0.25) is 0 Å². The van der Waals surface area contributed by atoms with E-state index < -0.39 is 5.95 Å². The van der Waals surface area contributed by atoms with Crippen LogP contribution < -0.4 is 5.32 Å². The Labute approximate surface area is 110 Å². The highest BCUT2D eigenvalue weighted by Gasteiger charge is 2.01. The van der Waals surface area contributed by atoms with Crippen molar-refractivity contribution >= 4 is 23.6 Å². The van der Waals surface area contributed by atoms with Crippen LogP contribution in [0, 0.1) is 5.95 Å². The zero-order valence-corrected chi connectivity index (χ0v) is 10.5. The Morgan fingerprint density at radius 2 is 2.00 bits per heavy atom. The Morgan fingerprint density at radius 1 is 1.26 bits per heavy atom. The van der Waals surface area contributed by atoms with Gasteiger partial charge in [-0.1, -0.05) is 6.08 Å². The van der Waals surface area contributed by atoms with Gasteiger partial charge in [0.2, 0.25) is 5.95 Å². The zero-order chi connectivity index (χ0) is 13.7. The lowest BCUT2D eigenvalue weighted by molar-refractivity contribution is 0.589. The predicted molar refractivity (Wildman–Crippen MR) is 75.6 cm³/mol. The number of aliphatic imine (C=N–C) groups is 1. The van der Waals surface area contributed by atoms with E-state index in [2.05, 4.69) is 27.0 Å². The van der Waals surface area contributed by atoms with E-state index in [1.165, 1.54) is 6.07 Å². The number of aromatic nitrogens is 2. The van der Waals surface area contributed by atoms with E-state index in [9.17, 15) is 4.39 Å². The largest absolute Gasteiger partial charge is 0.340 e. The molecule has 0 aromatic carbocycles. The summed E-state index contributed by atoms with van der Waals surface area (Å²) in [5.74, 6) is 0.145. The molecule has 0 saturated carbocycles. The molecule has 4 nitrogen and oxygen atoms in total. The summed E-state index contributed by atoms with van der Waals surface area (Å²) in [5.41, 5.74) is 2.00. The smallest absolute Gasteiger partial charge is 0.213 e. The maximum atomic E-state index is 13.0. The lowest BCUT2D eigenvalue weighted by Gasteiger charge is -2.06. The molecule has 0 aliphatic heterocycles. The molecule has 19 heavy (non-hydrogen) atoms. The molecule has 2 rings (SSSR count). The van der Waals surface area contributed by atoms with Crippen LogP contribution in [0.5, 0.6) is 0 Å². The number of anilines is 1. The quantitative estimate of drug-likeness (QED) is 0.518. The summed E-state index contributed by atoms with van der Waals surface area (Å²) in [6, 6.07) is 6.35. The number of rotatable bonds is 4. The van der Waals surface area contributed by atoms with Crippen molar-refractivity contribution in [3.8, 4) is 0 Å². The summed E-state index contributed by atoms with van der Waals surface area (Å²) in [5, 5.41) is 3.12. The fourth-order valence-corrected chi connectivity index (χ4v) is 1.55. The van der Waals surface area contributed by atoms with Gasteiger partial charge in [-0.2, -0.15) is 4.39 Å². The SMILES string of the molecule is C=N/C=C\C(=C/C)Nc1ccc2nc(F)ccc2n1. The molecule has 0 aliphatic rings. The molecular weight excluding hydrogens is 243 g/mol. The van der Waals surface area contributed by atoms with Gasteiger partial charge in [0.25, 0.3) is 0 Å². The monoisotopic (exact) mass is 256 g/mol. The fourth-order valence-electron chi connectivity index (χ4n) is 1.55. The standard InChI is InChI=1S/C14H13FN4/c1-3-10(8-9-16-2)17-14-7-5-11-12(19-14)4-6-13(15)18-11/h3-9H,2H2,1H3,(H,17,19)/b9-8-,10-3+. The number of pyridine rings is 2. The van der Waals surface area contributed by atoms with Crippen molar-refractivity contribution in [2.45, 2.75) is 6.92 Å². The van der Waals surface area contributed by atoms with Crippen molar-refractivity contribution in [1.82, 2.24) is 9.97 Å². The second-order valence-electron chi connectivity index (χ2n) is 3.74. The van der Waals surface area contributed by atoms with Crippen LogP contribution >= 0.6 is 0 Å². The molecule has 2 aromatic rings. The van der Waals surface area contributed by atoms with Crippen molar-refractivity contribution in [1.29, 1.82) is 0 Å². The average molecular weight is 256 g/mol. The molecule has 96 valence electrons. The molecule has 0 radical (unpaired) electrons. The van der Waals surface area contributed by atoms with E-state index in [0.29, 0.717) is 16.9 Å². The second kappa shape index (κ2) is 5.86. The summed E-state index contributed by atoms with van der Waals surface area (Å²) in [6.07, 6.45) is 5.25. The average Bonchev–Trinajstić information content (AvgIpc) is 2.43. The van der Waals surface area contributed by atoms with Gasteiger partial charge in [0.05, 0.1) is 11.0 Å². The van der Waals surface area contributed by atoms with Crippen LogP contribution in [0.4, 0.5) is 10.2 Å². The van der Waals surface area contributed by atoms with Gasteiger partial charge in [0.15, 0.2) is 0 Å². The van der Waals surface area contributed by atoms with Gasteiger partial charge >= 0.3 is 0 Å². The van der Waals surface area contributed by atoms with E-state index in [1.807, 2.05) is 13.0 Å². The van der Waals surface area contributed by atoms with E-state index in [1.54, 1.807) is 30.5 Å². The predicted octanol–water partition coefficient (Wildman–Crippen LogP) is 3.30. The maximum absolute atomic E-state index is 13.0. The topological polar surface area (TPSA) is 50.2 Å². The van der Waals surface area contributed by atoms with Crippen LogP contribution in [-0.2, 0) is 0 Å².